The number of urea groups is 1. The van der Waals surface area contributed by atoms with E-state index in [1.807, 2.05) is 0 Å². The predicted molar refractivity (Wildman–Crippen MR) is 68.8 cm³/mol. The average molecular weight is 319 g/mol. The second-order valence-corrected chi connectivity index (χ2v) is 5.13. The molecule has 0 saturated carbocycles. The number of benzene rings is 1. The quantitative estimate of drug-likeness (QED) is 0.843. The van der Waals surface area contributed by atoms with Gasteiger partial charge in [-0.3, -0.25) is 0 Å². The van der Waals surface area contributed by atoms with Gasteiger partial charge in [-0.25, -0.2) is 13.6 Å². The maximum absolute atomic E-state index is 13.5. The fourth-order valence-corrected chi connectivity index (χ4v) is 2.17. The lowest BCUT2D eigenvalue weighted by Crippen LogP contribution is -2.41. The number of hydrogen-bond donors (Lipinski definition) is 1. The Bertz CT molecular complexity index is 448. The van der Waals surface area contributed by atoms with Crippen LogP contribution in [-0.4, -0.2) is 30.2 Å². The minimum Gasteiger partial charge on any atom is -0.324 e. The Morgan fingerprint density at radius 1 is 1.39 bits per heavy atom. The molecule has 0 atom stereocenters. The Balaban J connectivity index is 1.98. The lowest BCUT2D eigenvalue weighted by molar-refractivity contribution is 0.161. The van der Waals surface area contributed by atoms with Crippen LogP contribution in [0.25, 0.3) is 0 Å². The number of carbonyl (C=O) groups excluding carboxylic acids is 1. The lowest BCUT2D eigenvalue weighted by Gasteiger charge is -2.28. The summed E-state index contributed by atoms with van der Waals surface area (Å²) in [4.78, 5) is 13.3. The van der Waals surface area contributed by atoms with Gasteiger partial charge in [0.25, 0.3) is 0 Å². The molecule has 0 aliphatic carbocycles. The minimum atomic E-state index is -0.835. The number of alkyl halides is 1. The largest absolute Gasteiger partial charge is 0.324 e. The average Bonchev–Trinajstić information content (AvgIpc) is 2.33. The Hall–Kier alpha value is -1.17. The summed E-state index contributed by atoms with van der Waals surface area (Å²) in [5.74, 6) is -0.502. The van der Waals surface area contributed by atoms with Crippen LogP contribution in [0.5, 0.6) is 0 Å². The van der Waals surface area contributed by atoms with Gasteiger partial charge in [-0.05, 0) is 31.0 Å². The fourth-order valence-electron chi connectivity index (χ4n) is 1.84. The Kier molecular flexibility index (Phi) is 4.16. The number of anilines is 1. The van der Waals surface area contributed by atoms with Crippen molar-refractivity contribution in [1.82, 2.24) is 4.90 Å². The summed E-state index contributed by atoms with van der Waals surface area (Å²) >= 11 is 3.14. The molecule has 0 unspecified atom stereocenters. The Morgan fingerprint density at radius 2 is 2.06 bits per heavy atom. The topological polar surface area (TPSA) is 32.3 Å². The third-order valence-corrected chi connectivity index (χ3v) is 3.38. The number of piperidine rings is 1. The van der Waals surface area contributed by atoms with Crippen molar-refractivity contribution < 1.29 is 13.6 Å². The Labute approximate surface area is 112 Å². The van der Waals surface area contributed by atoms with E-state index < -0.39 is 12.0 Å². The molecule has 6 heteroatoms. The molecular weight excluding hydrogens is 306 g/mol. The zero-order chi connectivity index (χ0) is 13.1. The highest BCUT2D eigenvalue weighted by Crippen LogP contribution is 2.20. The van der Waals surface area contributed by atoms with Crippen molar-refractivity contribution in [2.75, 3.05) is 18.4 Å². The molecule has 1 aromatic rings. The maximum Gasteiger partial charge on any atom is 0.321 e. The van der Waals surface area contributed by atoms with Crippen molar-refractivity contribution in [3.63, 3.8) is 0 Å². The van der Waals surface area contributed by atoms with E-state index in [-0.39, 0.29) is 11.7 Å². The summed E-state index contributed by atoms with van der Waals surface area (Å²) in [5, 5.41) is 2.49. The molecule has 0 bridgehead atoms. The number of rotatable bonds is 1. The van der Waals surface area contributed by atoms with Crippen molar-refractivity contribution >= 4 is 27.6 Å². The highest BCUT2D eigenvalue weighted by molar-refractivity contribution is 9.10. The summed E-state index contributed by atoms with van der Waals surface area (Å²) in [6, 6.07) is 4.03. The van der Waals surface area contributed by atoms with Gasteiger partial charge in [-0.1, -0.05) is 15.9 Å². The van der Waals surface area contributed by atoms with Gasteiger partial charge in [-0.2, -0.15) is 0 Å². The molecule has 1 fully saturated rings. The van der Waals surface area contributed by atoms with Crippen LogP contribution < -0.4 is 5.32 Å². The zero-order valence-electron chi connectivity index (χ0n) is 9.63. The molecule has 1 heterocycles. The van der Waals surface area contributed by atoms with Crippen molar-refractivity contribution in [2.45, 2.75) is 19.0 Å². The van der Waals surface area contributed by atoms with Crippen LogP contribution in [-0.2, 0) is 0 Å². The first-order valence-corrected chi connectivity index (χ1v) is 6.50. The van der Waals surface area contributed by atoms with Gasteiger partial charge in [0.1, 0.15) is 12.0 Å². The van der Waals surface area contributed by atoms with Crippen LogP contribution in [0.15, 0.2) is 22.7 Å². The lowest BCUT2D eigenvalue weighted by atomic mass is 10.1. The number of halogens is 3. The summed E-state index contributed by atoms with van der Waals surface area (Å²) in [7, 11) is 0. The molecule has 1 aliphatic rings. The monoisotopic (exact) mass is 318 g/mol. The SMILES string of the molecule is O=C(Nc1ccc(Br)cc1F)N1CCC(F)CC1. The van der Waals surface area contributed by atoms with Gasteiger partial charge in [-0.15, -0.1) is 0 Å². The maximum atomic E-state index is 13.5. The second-order valence-electron chi connectivity index (χ2n) is 4.22. The molecule has 1 aromatic carbocycles. The molecule has 2 amide bonds. The molecule has 18 heavy (non-hydrogen) atoms. The van der Waals surface area contributed by atoms with Crippen LogP contribution >= 0.6 is 15.9 Å². The van der Waals surface area contributed by atoms with Gasteiger partial charge in [0, 0.05) is 17.6 Å². The fraction of sp³-hybridized carbons (Fsp3) is 0.417. The summed E-state index contributed by atoms with van der Waals surface area (Å²) in [6.45, 7) is 0.732. The first-order valence-electron chi connectivity index (χ1n) is 5.71. The summed E-state index contributed by atoms with van der Waals surface area (Å²) < 4.78 is 27.1. The van der Waals surface area contributed by atoms with Crippen molar-refractivity contribution in [1.29, 1.82) is 0 Å². The Morgan fingerprint density at radius 3 is 2.67 bits per heavy atom. The number of amides is 2. The normalized spacial score (nSPS) is 16.7. The summed E-state index contributed by atoms with van der Waals surface area (Å²) in [6.07, 6.45) is -0.148. The molecule has 0 aromatic heterocycles. The van der Waals surface area contributed by atoms with E-state index in [0.717, 1.165) is 0 Å². The number of carbonyl (C=O) groups is 1. The van der Waals surface area contributed by atoms with E-state index in [2.05, 4.69) is 21.2 Å². The summed E-state index contributed by atoms with van der Waals surface area (Å²) in [5.41, 5.74) is 0.130. The van der Waals surface area contributed by atoms with Crippen LogP contribution in [0.4, 0.5) is 19.3 Å². The molecule has 3 nitrogen and oxygen atoms in total. The molecule has 1 aliphatic heterocycles. The number of nitrogens with zero attached hydrogens (tertiary/aromatic N) is 1. The molecule has 1 N–H and O–H groups in total. The van der Waals surface area contributed by atoms with E-state index in [4.69, 9.17) is 0 Å². The van der Waals surface area contributed by atoms with Gasteiger partial charge in [0.2, 0.25) is 0 Å². The molecule has 0 spiro atoms. The molecule has 2 rings (SSSR count). The number of hydrogen-bond acceptors (Lipinski definition) is 1. The van der Waals surface area contributed by atoms with E-state index >= 15 is 0 Å². The van der Waals surface area contributed by atoms with Gasteiger partial charge in [0.05, 0.1) is 5.69 Å². The highest BCUT2D eigenvalue weighted by Gasteiger charge is 2.22. The number of nitrogens with one attached hydrogen (secondary N) is 1. The van der Waals surface area contributed by atoms with Crippen molar-refractivity contribution in [2.24, 2.45) is 0 Å². The molecule has 0 radical (unpaired) electrons. The van der Waals surface area contributed by atoms with E-state index in [1.165, 1.54) is 17.0 Å². The third-order valence-electron chi connectivity index (χ3n) is 2.88. The second kappa shape index (κ2) is 5.65. The van der Waals surface area contributed by atoms with Crippen molar-refractivity contribution in [3.05, 3.63) is 28.5 Å². The molecular formula is C12H13BrF2N2O. The standard InChI is InChI=1S/C12H13BrF2N2O/c13-8-1-2-11(10(15)7-8)16-12(18)17-5-3-9(14)4-6-17/h1-2,7,9H,3-6H2,(H,16,18). The first-order chi connectivity index (χ1) is 8.56. The highest BCUT2D eigenvalue weighted by atomic mass is 79.9. The van der Waals surface area contributed by atoms with Gasteiger partial charge in [0.15, 0.2) is 0 Å². The molecule has 1 saturated heterocycles. The van der Waals surface area contributed by atoms with Gasteiger partial charge < -0.3 is 10.2 Å². The van der Waals surface area contributed by atoms with E-state index in [1.54, 1.807) is 6.07 Å². The molecule has 98 valence electrons. The van der Waals surface area contributed by atoms with E-state index in [0.29, 0.717) is 30.4 Å². The van der Waals surface area contributed by atoms with Crippen LogP contribution in [0.1, 0.15) is 12.8 Å². The zero-order valence-corrected chi connectivity index (χ0v) is 11.2. The first kappa shape index (κ1) is 13.3. The van der Waals surface area contributed by atoms with Crippen LogP contribution in [0.3, 0.4) is 0 Å². The predicted octanol–water partition coefficient (Wildman–Crippen LogP) is 3.55. The van der Waals surface area contributed by atoms with Crippen molar-refractivity contribution in [3.8, 4) is 0 Å². The minimum absolute atomic E-state index is 0.130. The third kappa shape index (κ3) is 3.19. The van der Waals surface area contributed by atoms with Crippen LogP contribution in [0.2, 0.25) is 0 Å². The van der Waals surface area contributed by atoms with E-state index in [9.17, 15) is 13.6 Å². The van der Waals surface area contributed by atoms with Gasteiger partial charge >= 0.3 is 6.03 Å². The number of likely N-dealkylation sites (tertiary alicyclic amines) is 1. The smallest absolute Gasteiger partial charge is 0.321 e. The van der Waals surface area contributed by atoms with Crippen LogP contribution in [0, 0.1) is 5.82 Å².